The van der Waals surface area contributed by atoms with Crippen LogP contribution in [0.5, 0.6) is 0 Å². The molecule has 0 aliphatic heterocycles. The van der Waals surface area contributed by atoms with Crippen molar-refractivity contribution in [3.8, 4) is 0 Å². The molecule has 2 aliphatic carbocycles. The molecule has 0 amide bonds. The summed E-state index contributed by atoms with van der Waals surface area (Å²) in [5.74, 6) is -2.76. The number of nitrogens with zero attached hydrogens (tertiary/aromatic N) is 3. The lowest BCUT2D eigenvalue weighted by Crippen LogP contribution is -2.54. The van der Waals surface area contributed by atoms with Crippen LogP contribution in [0.2, 0.25) is 0 Å². The first kappa shape index (κ1) is 20.7. The number of rotatable bonds is 5. The molecule has 156 valence electrons. The smallest absolute Gasteiger partial charge is 0.389 e. The van der Waals surface area contributed by atoms with Crippen LogP contribution in [-0.4, -0.2) is 50.6 Å². The number of anilines is 2. The quantitative estimate of drug-likeness (QED) is 0.649. The maximum absolute atomic E-state index is 14.9. The Labute approximate surface area is 158 Å². The van der Waals surface area contributed by atoms with Gasteiger partial charge in [-0.3, -0.25) is 0 Å². The van der Waals surface area contributed by atoms with Crippen molar-refractivity contribution >= 4 is 17.5 Å². The van der Waals surface area contributed by atoms with Crippen molar-refractivity contribution in [1.29, 1.82) is 0 Å². The summed E-state index contributed by atoms with van der Waals surface area (Å²) in [6.07, 6.45) is -7.00. The summed E-state index contributed by atoms with van der Waals surface area (Å²) in [7, 11) is 0. The molecule has 11 heteroatoms. The minimum Gasteiger partial charge on any atom is -0.389 e. The average molecular weight is 407 g/mol. The molecule has 6 nitrogen and oxygen atoms in total. The lowest BCUT2D eigenvalue weighted by Gasteiger charge is -2.47. The number of aliphatic hydroxyl groups is 1. The zero-order chi connectivity index (χ0) is 20.8. The van der Waals surface area contributed by atoms with E-state index in [1.54, 1.807) is 13.8 Å². The molecule has 28 heavy (non-hydrogen) atoms. The van der Waals surface area contributed by atoms with Gasteiger partial charge in [-0.15, -0.1) is 0 Å². The molecule has 0 spiro atoms. The predicted molar refractivity (Wildman–Crippen MR) is 92.9 cm³/mol. The Morgan fingerprint density at radius 3 is 2.25 bits per heavy atom. The summed E-state index contributed by atoms with van der Waals surface area (Å²) in [6, 6.07) is -2.05. The second-order valence-corrected chi connectivity index (χ2v) is 7.50. The number of fused-ring (bicyclic) bond motifs is 1. The van der Waals surface area contributed by atoms with Gasteiger partial charge >= 0.3 is 6.18 Å². The van der Waals surface area contributed by atoms with E-state index in [1.807, 2.05) is 0 Å². The van der Waals surface area contributed by atoms with Gasteiger partial charge in [0.2, 0.25) is 11.9 Å². The molecular formula is C17H22F5N5O. The minimum atomic E-state index is -4.52. The van der Waals surface area contributed by atoms with Gasteiger partial charge in [0.1, 0.15) is 18.0 Å². The lowest BCUT2D eigenvalue weighted by molar-refractivity contribution is -0.138. The number of aliphatic hydroxyl groups excluding tert-OH is 1. The number of allylic oxidation sites excluding steroid dienone is 1. The average Bonchev–Trinajstić information content (AvgIpc) is 2.59. The third kappa shape index (κ3) is 3.89. The molecule has 0 aromatic carbocycles. The van der Waals surface area contributed by atoms with E-state index in [0.29, 0.717) is 6.42 Å². The van der Waals surface area contributed by atoms with Gasteiger partial charge < -0.3 is 15.7 Å². The summed E-state index contributed by atoms with van der Waals surface area (Å²) in [6.45, 7) is 4.48. The second kappa shape index (κ2) is 7.41. The fraction of sp³-hybridized carbons (Fsp3) is 0.706. The highest BCUT2D eigenvalue weighted by atomic mass is 19.4. The third-order valence-corrected chi connectivity index (χ3v) is 5.03. The zero-order valence-electron chi connectivity index (χ0n) is 15.6. The molecule has 3 N–H and O–H groups in total. The highest BCUT2D eigenvalue weighted by molar-refractivity contribution is 5.66. The number of hydrogen-bond donors (Lipinski definition) is 3. The van der Waals surface area contributed by atoms with Gasteiger partial charge in [0.25, 0.3) is 0 Å². The van der Waals surface area contributed by atoms with Crippen LogP contribution < -0.4 is 10.6 Å². The molecule has 3 rings (SSSR count). The maximum atomic E-state index is 14.9. The number of halogens is 5. The highest BCUT2D eigenvalue weighted by Crippen LogP contribution is 2.51. The fourth-order valence-electron chi connectivity index (χ4n) is 3.46. The molecule has 3 unspecified atom stereocenters. The summed E-state index contributed by atoms with van der Waals surface area (Å²) in [5.41, 5.74) is 0.0594. The number of alkyl halides is 4. The first-order valence-corrected chi connectivity index (χ1v) is 9.06. The molecular weight excluding hydrogens is 385 g/mol. The maximum Gasteiger partial charge on any atom is 0.408 e. The van der Waals surface area contributed by atoms with Gasteiger partial charge in [0, 0.05) is 23.5 Å². The molecule has 1 heterocycles. The van der Waals surface area contributed by atoms with E-state index in [0.717, 1.165) is 6.92 Å². The highest BCUT2D eigenvalue weighted by Gasteiger charge is 2.55. The summed E-state index contributed by atoms with van der Waals surface area (Å²) < 4.78 is 67.1. The van der Waals surface area contributed by atoms with Crippen LogP contribution >= 0.6 is 0 Å². The summed E-state index contributed by atoms with van der Waals surface area (Å²) in [4.78, 5) is 12.0. The topological polar surface area (TPSA) is 83.0 Å². The van der Waals surface area contributed by atoms with Crippen LogP contribution in [0.15, 0.2) is 5.83 Å². The van der Waals surface area contributed by atoms with E-state index in [4.69, 9.17) is 0 Å². The van der Waals surface area contributed by atoms with E-state index < -0.39 is 42.2 Å². The lowest BCUT2D eigenvalue weighted by atomic mass is 9.63. The van der Waals surface area contributed by atoms with Crippen LogP contribution in [0.3, 0.4) is 0 Å². The summed E-state index contributed by atoms with van der Waals surface area (Å²) >= 11 is 0. The SMILES string of the molecule is CC(C)Nc1nc(N[C@H](C)C(F)(F)F)nc(C2=C(F)[C@@H]3C(O)C(F)C3CC2)n1. The number of aromatic nitrogens is 3. The van der Waals surface area contributed by atoms with Crippen molar-refractivity contribution in [2.45, 2.75) is 64.1 Å². The fourth-order valence-corrected chi connectivity index (χ4v) is 3.46. The molecule has 0 bridgehead atoms. The van der Waals surface area contributed by atoms with Crippen molar-refractivity contribution in [3.63, 3.8) is 0 Å². The van der Waals surface area contributed by atoms with Gasteiger partial charge in [0.15, 0.2) is 5.82 Å². The van der Waals surface area contributed by atoms with Gasteiger partial charge in [0.05, 0.1) is 6.10 Å². The zero-order valence-corrected chi connectivity index (χ0v) is 15.6. The molecule has 2 aliphatic rings. The van der Waals surface area contributed by atoms with Gasteiger partial charge in [-0.1, -0.05) is 0 Å². The van der Waals surface area contributed by atoms with Crippen LogP contribution in [0.1, 0.15) is 39.4 Å². The predicted octanol–water partition coefficient (Wildman–Crippen LogP) is 3.47. The van der Waals surface area contributed by atoms with Crippen molar-refractivity contribution < 1.29 is 27.1 Å². The van der Waals surface area contributed by atoms with Gasteiger partial charge in [-0.05, 0) is 33.6 Å². The van der Waals surface area contributed by atoms with Crippen LogP contribution in [0.4, 0.5) is 33.8 Å². The van der Waals surface area contributed by atoms with E-state index in [-0.39, 0.29) is 35.8 Å². The molecule has 1 fully saturated rings. The molecule has 1 aromatic heterocycles. The molecule has 1 aromatic rings. The Kier molecular flexibility index (Phi) is 5.48. The first-order chi connectivity index (χ1) is 13.0. The molecule has 0 saturated heterocycles. The standard InChI is InChI=1S/C17H22F5N5O/c1-6(2)23-15-25-14(26-16(27-15)24-7(3)17(20,21)22)9-5-4-8-10(11(9)18)13(28)12(8)19/h6-8,10,12-13,28H,4-5H2,1-3H3,(H2,23,24,25,26,27)/t7-,8?,10-,12?,13?/m1/s1. The Bertz CT molecular complexity index is 769. The molecule has 0 radical (unpaired) electrons. The monoisotopic (exact) mass is 407 g/mol. The Hall–Kier alpha value is -2.04. The summed E-state index contributed by atoms with van der Waals surface area (Å²) in [5, 5.41) is 14.8. The Balaban J connectivity index is 1.97. The van der Waals surface area contributed by atoms with Crippen LogP contribution in [0, 0.1) is 11.8 Å². The Morgan fingerprint density at radius 1 is 1.07 bits per heavy atom. The molecule has 1 saturated carbocycles. The van der Waals surface area contributed by atoms with Crippen molar-refractivity contribution in [2.24, 2.45) is 11.8 Å². The van der Waals surface area contributed by atoms with Crippen molar-refractivity contribution in [2.75, 3.05) is 10.6 Å². The van der Waals surface area contributed by atoms with Crippen LogP contribution in [0.25, 0.3) is 5.57 Å². The van der Waals surface area contributed by atoms with Crippen molar-refractivity contribution in [3.05, 3.63) is 11.7 Å². The normalized spacial score (nSPS) is 28.6. The van der Waals surface area contributed by atoms with E-state index in [2.05, 4.69) is 25.6 Å². The van der Waals surface area contributed by atoms with E-state index in [1.165, 1.54) is 0 Å². The van der Waals surface area contributed by atoms with Gasteiger partial charge in [-0.2, -0.15) is 28.1 Å². The van der Waals surface area contributed by atoms with Crippen LogP contribution in [-0.2, 0) is 0 Å². The van der Waals surface area contributed by atoms with Crippen molar-refractivity contribution in [1.82, 2.24) is 15.0 Å². The number of hydrogen-bond acceptors (Lipinski definition) is 6. The Morgan fingerprint density at radius 2 is 1.68 bits per heavy atom. The third-order valence-electron chi connectivity index (χ3n) is 5.03. The van der Waals surface area contributed by atoms with Gasteiger partial charge in [-0.25, -0.2) is 8.78 Å². The minimum absolute atomic E-state index is 0.00294. The largest absolute Gasteiger partial charge is 0.408 e. The van der Waals surface area contributed by atoms with E-state index in [9.17, 15) is 27.1 Å². The first-order valence-electron chi connectivity index (χ1n) is 9.06. The molecule has 5 atom stereocenters. The van der Waals surface area contributed by atoms with E-state index >= 15 is 0 Å². The number of nitrogens with one attached hydrogen (secondary N) is 2. The second-order valence-electron chi connectivity index (χ2n) is 7.50.